The number of rotatable bonds is 9. The lowest BCUT2D eigenvalue weighted by atomic mass is 9.98. The van der Waals surface area contributed by atoms with Gasteiger partial charge >= 0.3 is 12.4 Å². The maximum Gasteiger partial charge on any atom is 0.416 e. The average molecular weight is 630 g/mol. The van der Waals surface area contributed by atoms with Gasteiger partial charge in [0, 0.05) is 64.5 Å². The minimum absolute atomic E-state index is 0.0128. The average Bonchev–Trinajstić information content (AvgIpc) is 2.96. The van der Waals surface area contributed by atoms with E-state index in [1.165, 1.54) is 4.90 Å². The molecule has 2 aromatic carbocycles. The summed E-state index contributed by atoms with van der Waals surface area (Å²) in [5, 5.41) is 10.2. The maximum absolute atomic E-state index is 13.6. The topological polar surface area (TPSA) is 65.5 Å². The normalized spacial score (nSPS) is 20.9. The van der Waals surface area contributed by atoms with Crippen LogP contribution in [0.5, 0.6) is 5.75 Å². The molecule has 1 N–H and O–H groups in total. The molecule has 2 atom stereocenters. The van der Waals surface area contributed by atoms with E-state index >= 15 is 0 Å². The van der Waals surface area contributed by atoms with Gasteiger partial charge in [0.05, 0.1) is 30.4 Å². The first-order chi connectivity index (χ1) is 20.7. The molecule has 0 bridgehead atoms. The molecule has 4 rings (SSSR count). The summed E-state index contributed by atoms with van der Waals surface area (Å²) in [6.07, 6.45) is -5.81. The summed E-state index contributed by atoms with van der Waals surface area (Å²) in [5.41, 5.74) is -2.41. The molecular weight excluding hydrogens is 592 g/mol. The molecule has 2 aromatic rings. The highest BCUT2D eigenvalue weighted by molar-refractivity contribution is 5.95. The number of hydrogen-bond donors (Lipinski definition) is 1. The molecule has 7 nitrogen and oxygen atoms in total. The fourth-order valence-corrected chi connectivity index (χ4v) is 5.51. The number of halogens is 6. The van der Waals surface area contributed by atoms with E-state index in [1.54, 1.807) is 32.2 Å². The van der Waals surface area contributed by atoms with E-state index in [1.807, 2.05) is 12.2 Å². The number of aromatic hydroxyl groups is 1. The van der Waals surface area contributed by atoms with Crippen molar-refractivity contribution < 1.29 is 45.7 Å². The van der Waals surface area contributed by atoms with Crippen molar-refractivity contribution in [3.63, 3.8) is 0 Å². The number of nitrogens with zero attached hydrogens (tertiary/aromatic N) is 3. The molecule has 0 aromatic heterocycles. The summed E-state index contributed by atoms with van der Waals surface area (Å²) in [6.45, 7) is 6.48. The first-order valence-electron chi connectivity index (χ1n) is 14.3. The van der Waals surface area contributed by atoms with Crippen LogP contribution in [0.15, 0.2) is 48.6 Å². The van der Waals surface area contributed by atoms with Crippen LogP contribution in [0.1, 0.15) is 32.6 Å². The van der Waals surface area contributed by atoms with Gasteiger partial charge < -0.3 is 19.5 Å². The van der Waals surface area contributed by atoms with Crippen molar-refractivity contribution in [3.05, 3.63) is 76.4 Å². The second kappa shape index (κ2) is 14.3. The molecular formula is C31H37F6N3O4. The maximum atomic E-state index is 13.6. The molecule has 13 heteroatoms. The van der Waals surface area contributed by atoms with Gasteiger partial charge in [-0.3, -0.25) is 14.6 Å². The SMILES string of the molecule is COC[C@@H]1CN(CC=CCN2CCN(C(=O)c3cc(C(F)(F)F)cc(C(F)(F)F)c3)[C@H](Cc3ccc(C)c(O)c3)C2)CCO1. The summed E-state index contributed by atoms with van der Waals surface area (Å²) in [7, 11) is 1.63. The van der Waals surface area contributed by atoms with Gasteiger partial charge in [0.25, 0.3) is 5.91 Å². The molecule has 44 heavy (non-hydrogen) atoms. The fourth-order valence-electron chi connectivity index (χ4n) is 5.51. The standard InChI is InChI=1S/C31H37F6N3O4/c1-21-5-6-22(14-28(21)41)13-26-18-38(7-3-4-8-39-11-12-44-27(19-39)20-43-2)9-10-40(26)29(42)23-15-24(30(32,33)34)17-25(16-23)31(35,36)37/h3-6,14-17,26-27,41H,7-13,18-20H2,1-2H3/t26-,27+/m1/s1. The molecule has 2 saturated heterocycles. The molecule has 0 saturated carbocycles. The molecule has 0 radical (unpaired) electrons. The predicted octanol–water partition coefficient (Wildman–Crippen LogP) is 5.01. The number of hydrogen-bond acceptors (Lipinski definition) is 6. The van der Waals surface area contributed by atoms with Gasteiger partial charge in [0.15, 0.2) is 0 Å². The highest BCUT2D eigenvalue weighted by Crippen LogP contribution is 2.37. The summed E-state index contributed by atoms with van der Waals surface area (Å²) in [4.78, 5) is 19.3. The van der Waals surface area contributed by atoms with Gasteiger partial charge in [0.1, 0.15) is 5.75 Å². The van der Waals surface area contributed by atoms with Crippen molar-refractivity contribution in [2.75, 3.05) is 66.1 Å². The zero-order valence-corrected chi connectivity index (χ0v) is 24.6. The summed E-state index contributed by atoms with van der Waals surface area (Å²) in [6, 6.07) is 5.45. The zero-order valence-electron chi connectivity index (χ0n) is 24.6. The minimum atomic E-state index is -5.06. The molecule has 2 aliphatic heterocycles. The highest BCUT2D eigenvalue weighted by Gasteiger charge is 2.39. The molecule has 0 unspecified atom stereocenters. The van der Waals surface area contributed by atoms with E-state index in [0.717, 1.165) is 13.1 Å². The number of amides is 1. The number of morpholine rings is 1. The van der Waals surface area contributed by atoms with Crippen LogP contribution in [0.4, 0.5) is 26.3 Å². The number of carbonyl (C=O) groups is 1. The Labute approximate surface area is 252 Å². The lowest BCUT2D eigenvalue weighted by Gasteiger charge is -2.41. The zero-order chi connectivity index (χ0) is 32.1. The Bertz CT molecular complexity index is 1280. The van der Waals surface area contributed by atoms with Crippen molar-refractivity contribution in [1.82, 2.24) is 14.7 Å². The van der Waals surface area contributed by atoms with E-state index in [4.69, 9.17) is 9.47 Å². The van der Waals surface area contributed by atoms with Crippen molar-refractivity contribution in [3.8, 4) is 5.75 Å². The smallest absolute Gasteiger partial charge is 0.416 e. The second-order valence-electron chi connectivity index (χ2n) is 11.2. The monoisotopic (exact) mass is 629 g/mol. The number of benzene rings is 2. The molecule has 0 aliphatic carbocycles. The first-order valence-corrected chi connectivity index (χ1v) is 14.3. The third-order valence-corrected chi connectivity index (χ3v) is 7.88. The Kier molecular flexibility index (Phi) is 11.0. The number of phenols is 1. The number of methoxy groups -OCH3 is 1. The number of alkyl halides is 6. The van der Waals surface area contributed by atoms with Crippen LogP contribution >= 0.6 is 0 Å². The van der Waals surface area contributed by atoms with Gasteiger partial charge in [0.2, 0.25) is 0 Å². The Morgan fingerprint density at radius 2 is 1.59 bits per heavy atom. The van der Waals surface area contributed by atoms with Crippen molar-refractivity contribution in [2.45, 2.75) is 37.8 Å². The Balaban J connectivity index is 1.51. The van der Waals surface area contributed by atoms with Gasteiger partial charge in [-0.25, -0.2) is 0 Å². The van der Waals surface area contributed by atoms with E-state index in [0.29, 0.717) is 62.7 Å². The van der Waals surface area contributed by atoms with Gasteiger partial charge in [-0.15, -0.1) is 0 Å². The van der Waals surface area contributed by atoms with Crippen molar-refractivity contribution >= 4 is 5.91 Å². The minimum Gasteiger partial charge on any atom is -0.508 e. The predicted molar refractivity (Wildman–Crippen MR) is 151 cm³/mol. The van der Waals surface area contributed by atoms with Crippen LogP contribution in [0.3, 0.4) is 0 Å². The van der Waals surface area contributed by atoms with Gasteiger partial charge in [-0.2, -0.15) is 26.3 Å². The van der Waals surface area contributed by atoms with Crippen LogP contribution in [0, 0.1) is 6.92 Å². The van der Waals surface area contributed by atoms with E-state index in [2.05, 4.69) is 9.80 Å². The Morgan fingerprint density at radius 1 is 0.955 bits per heavy atom. The van der Waals surface area contributed by atoms with Crippen LogP contribution < -0.4 is 0 Å². The van der Waals surface area contributed by atoms with E-state index < -0.39 is 41.0 Å². The largest absolute Gasteiger partial charge is 0.508 e. The lowest BCUT2D eigenvalue weighted by molar-refractivity contribution is -0.143. The second-order valence-corrected chi connectivity index (χ2v) is 11.2. The number of aryl methyl sites for hydroxylation is 1. The van der Waals surface area contributed by atoms with Crippen LogP contribution in [0.25, 0.3) is 0 Å². The molecule has 242 valence electrons. The van der Waals surface area contributed by atoms with Crippen molar-refractivity contribution in [1.29, 1.82) is 0 Å². The Hall–Kier alpha value is -3.13. The first kappa shape index (κ1) is 33.8. The van der Waals surface area contributed by atoms with Gasteiger partial charge in [-0.1, -0.05) is 24.3 Å². The third-order valence-electron chi connectivity index (χ3n) is 7.88. The summed E-state index contributed by atoms with van der Waals surface area (Å²) < 4.78 is 91.9. The fraction of sp³-hybridized carbons (Fsp3) is 0.516. The number of piperazine rings is 1. The van der Waals surface area contributed by atoms with E-state index in [9.17, 15) is 36.2 Å². The quantitative estimate of drug-likeness (QED) is 0.311. The summed E-state index contributed by atoms with van der Waals surface area (Å²) >= 11 is 0. The van der Waals surface area contributed by atoms with Crippen LogP contribution in [0.2, 0.25) is 0 Å². The number of ether oxygens (including phenoxy) is 2. The molecule has 2 aliphatic rings. The highest BCUT2D eigenvalue weighted by atomic mass is 19.4. The number of phenolic OH excluding ortho intramolecular Hbond substituents is 1. The molecule has 0 spiro atoms. The molecule has 2 heterocycles. The van der Waals surface area contributed by atoms with Crippen molar-refractivity contribution in [2.24, 2.45) is 0 Å². The van der Waals surface area contributed by atoms with E-state index in [-0.39, 0.29) is 30.9 Å². The van der Waals surface area contributed by atoms with Crippen LogP contribution in [-0.4, -0.2) is 104 Å². The third kappa shape index (κ3) is 8.96. The van der Waals surface area contributed by atoms with Crippen LogP contribution in [-0.2, 0) is 28.2 Å². The molecule has 2 fully saturated rings. The van der Waals surface area contributed by atoms with Gasteiger partial charge in [-0.05, 0) is 48.7 Å². The lowest BCUT2D eigenvalue weighted by Crippen LogP contribution is -2.56. The number of carbonyl (C=O) groups excluding carboxylic acids is 1. The molecule has 1 amide bonds. The summed E-state index contributed by atoms with van der Waals surface area (Å²) in [5.74, 6) is -0.851. The Morgan fingerprint density at radius 3 is 2.18 bits per heavy atom.